The van der Waals surface area contributed by atoms with Gasteiger partial charge in [0.1, 0.15) is 6.33 Å². The maximum Gasteiger partial charge on any atom is 0.549 e. The second-order valence-corrected chi connectivity index (χ2v) is 3.69. The van der Waals surface area contributed by atoms with E-state index < -0.39 is 7.82 Å². The topological polar surface area (TPSA) is 62.6 Å². The molecule has 0 spiro atoms. The van der Waals surface area contributed by atoms with Crippen LogP contribution in [-0.4, -0.2) is 22.9 Å². The Labute approximate surface area is 68.6 Å². The SMILES string of the molecule is O=P1(On2ccnc2)OCCO1. The molecule has 66 valence electrons. The van der Waals surface area contributed by atoms with Gasteiger partial charge in [0, 0.05) is 6.20 Å². The summed E-state index contributed by atoms with van der Waals surface area (Å²) in [6, 6.07) is 0. The van der Waals surface area contributed by atoms with Gasteiger partial charge in [-0.25, -0.2) is 9.55 Å². The smallest absolute Gasteiger partial charge is 0.310 e. The molecule has 2 rings (SSSR count). The van der Waals surface area contributed by atoms with Gasteiger partial charge in [-0.15, -0.1) is 0 Å². The van der Waals surface area contributed by atoms with Crippen LogP contribution in [-0.2, 0) is 13.6 Å². The molecule has 1 aromatic rings. The first-order chi connectivity index (χ1) is 5.79. The highest BCUT2D eigenvalue weighted by Crippen LogP contribution is 2.49. The maximum absolute atomic E-state index is 11.4. The summed E-state index contributed by atoms with van der Waals surface area (Å²) in [5.41, 5.74) is 0. The lowest BCUT2D eigenvalue weighted by Gasteiger charge is -2.09. The zero-order chi connectivity index (χ0) is 8.44. The van der Waals surface area contributed by atoms with Crippen molar-refractivity contribution in [3.8, 4) is 0 Å². The molecular formula is C5H7N2O4P. The van der Waals surface area contributed by atoms with E-state index in [1.807, 2.05) is 0 Å². The Balaban J connectivity index is 2.07. The van der Waals surface area contributed by atoms with E-state index in [9.17, 15) is 4.57 Å². The van der Waals surface area contributed by atoms with Crippen LogP contribution in [0, 0.1) is 0 Å². The maximum atomic E-state index is 11.4. The first-order valence-corrected chi connectivity index (χ1v) is 4.82. The highest BCUT2D eigenvalue weighted by molar-refractivity contribution is 7.48. The third-order valence-electron chi connectivity index (χ3n) is 1.26. The molecule has 6 nitrogen and oxygen atoms in total. The molecule has 0 radical (unpaired) electrons. The molecule has 0 amide bonds. The number of hydrogen-bond donors (Lipinski definition) is 0. The Morgan fingerprint density at radius 2 is 2.25 bits per heavy atom. The van der Waals surface area contributed by atoms with E-state index in [1.54, 1.807) is 0 Å². The summed E-state index contributed by atoms with van der Waals surface area (Å²) in [5.74, 6) is 0. The third kappa shape index (κ3) is 1.50. The summed E-state index contributed by atoms with van der Waals surface area (Å²) < 4.78 is 27.0. The van der Waals surface area contributed by atoms with Crippen molar-refractivity contribution in [3.05, 3.63) is 18.7 Å². The number of aromatic nitrogens is 2. The molecule has 7 heteroatoms. The second kappa shape index (κ2) is 2.90. The Hall–Kier alpha value is -0.840. The molecule has 1 saturated heterocycles. The van der Waals surface area contributed by atoms with E-state index in [-0.39, 0.29) is 0 Å². The molecule has 1 aliphatic rings. The summed E-state index contributed by atoms with van der Waals surface area (Å²) in [5, 5.41) is 0. The lowest BCUT2D eigenvalue weighted by Crippen LogP contribution is -2.06. The van der Waals surface area contributed by atoms with Gasteiger partial charge in [-0.1, -0.05) is 0 Å². The molecule has 0 aromatic carbocycles. The van der Waals surface area contributed by atoms with Crippen molar-refractivity contribution in [1.29, 1.82) is 0 Å². The van der Waals surface area contributed by atoms with Crippen molar-refractivity contribution < 1.29 is 18.2 Å². The van der Waals surface area contributed by atoms with Gasteiger partial charge in [-0.05, 0) is 0 Å². The van der Waals surface area contributed by atoms with Gasteiger partial charge in [-0.3, -0.25) is 9.05 Å². The summed E-state index contributed by atoms with van der Waals surface area (Å²) in [6.45, 7) is 0.595. The Bertz CT molecular complexity index is 288. The summed E-state index contributed by atoms with van der Waals surface area (Å²) >= 11 is 0. The first kappa shape index (κ1) is 7.79. The van der Waals surface area contributed by atoms with Crippen molar-refractivity contribution in [1.82, 2.24) is 9.71 Å². The average Bonchev–Trinajstić information content (AvgIpc) is 2.62. The summed E-state index contributed by atoms with van der Waals surface area (Å²) in [7, 11) is -3.34. The van der Waals surface area contributed by atoms with Crippen LogP contribution in [0.2, 0.25) is 0 Å². The average molecular weight is 190 g/mol. The number of nitrogens with zero attached hydrogens (tertiary/aromatic N) is 2. The minimum Gasteiger partial charge on any atom is -0.310 e. The number of rotatable bonds is 2. The molecule has 0 unspecified atom stereocenters. The summed E-state index contributed by atoms with van der Waals surface area (Å²) in [4.78, 5) is 3.70. The molecule has 0 atom stereocenters. The Morgan fingerprint density at radius 1 is 1.50 bits per heavy atom. The normalized spacial score (nSPS) is 21.0. The van der Waals surface area contributed by atoms with Crippen LogP contribution in [0.5, 0.6) is 0 Å². The van der Waals surface area contributed by atoms with Crippen molar-refractivity contribution in [2.45, 2.75) is 0 Å². The lowest BCUT2D eigenvalue weighted by molar-refractivity contribution is 0.172. The van der Waals surface area contributed by atoms with Gasteiger partial charge in [-0.2, -0.15) is 4.73 Å². The quantitative estimate of drug-likeness (QED) is 0.634. The minimum atomic E-state index is -3.34. The number of hydrogen-bond acceptors (Lipinski definition) is 5. The Morgan fingerprint density at radius 3 is 2.83 bits per heavy atom. The molecule has 1 fully saturated rings. The van der Waals surface area contributed by atoms with E-state index >= 15 is 0 Å². The first-order valence-electron chi connectivity index (χ1n) is 3.36. The number of phosphoric ester groups is 1. The second-order valence-electron chi connectivity index (χ2n) is 2.12. The molecule has 1 aromatic heterocycles. The highest BCUT2D eigenvalue weighted by Gasteiger charge is 2.34. The van der Waals surface area contributed by atoms with E-state index in [4.69, 9.17) is 13.7 Å². The number of imidazole rings is 1. The molecule has 2 heterocycles. The van der Waals surface area contributed by atoms with Crippen LogP contribution >= 0.6 is 7.82 Å². The highest BCUT2D eigenvalue weighted by atomic mass is 31.2. The van der Waals surface area contributed by atoms with E-state index in [0.29, 0.717) is 13.2 Å². The van der Waals surface area contributed by atoms with Crippen LogP contribution in [0.1, 0.15) is 0 Å². The fourth-order valence-electron chi connectivity index (χ4n) is 0.793. The van der Waals surface area contributed by atoms with Crippen molar-refractivity contribution in [2.75, 3.05) is 13.2 Å². The van der Waals surface area contributed by atoms with Crippen LogP contribution in [0.3, 0.4) is 0 Å². The van der Waals surface area contributed by atoms with Gasteiger partial charge in [0.2, 0.25) is 0 Å². The summed E-state index contributed by atoms with van der Waals surface area (Å²) in [6.07, 6.45) is 4.37. The van der Waals surface area contributed by atoms with Gasteiger partial charge in [0.15, 0.2) is 0 Å². The van der Waals surface area contributed by atoms with Crippen LogP contribution in [0.15, 0.2) is 18.7 Å². The van der Waals surface area contributed by atoms with Crippen molar-refractivity contribution in [3.63, 3.8) is 0 Å². The number of phosphoric acid groups is 1. The fraction of sp³-hybridized carbons (Fsp3) is 0.400. The lowest BCUT2D eigenvalue weighted by atomic mass is 10.8. The van der Waals surface area contributed by atoms with Crippen molar-refractivity contribution in [2.24, 2.45) is 0 Å². The fourth-order valence-corrected chi connectivity index (χ4v) is 1.89. The monoisotopic (exact) mass is 190 g/mol. The molecule has 0 aliphatic carbocycles. The predicted octanol–water partition coefficient (Wildman–Crippen LogP) is 0.467. The van der Waals surface area contributed by atoms with Gasteiger partial charge < -0.3 is 4.62 Å². The molecule has 1 aliphatic heterocycles. The Kier molecular flexibility index (Phi) is 1.88. The standard InChI is InChI=1S/C5H7N2O4P/c8-12(9-3-4-10-12)11-7-2-1-6-5-7/h1-2,5H,3-4H2. The van der Waals surface area contributed by atoms with Crippen LogP contribution < -0.4 is 4.62 Å². The molecule has 12 heavy (non-hydrogen) atoms. The minimum absolute atomic E-state index is 0.298. The van der Waals surface area contributed by atoms with E-state index in [1.165, 1.54) is 23.5 Å². The van der Waals surface area contributed by atoms with Gasteiger partial charge in [0.05, 0.1) is 19.4 Å². The predicted molar refractivity (Wildman–Crippen MR) is 38.3 cm³/mol. The van der Waals surface area contributed by atoms with Gasteiger partial charge >= 0.3 is 7.82 Å². The zero-order valence-electron chi connectivity index (χ0n) is 6.12. The van der Waals surface area contributed by atoms with Crippen LogP contribution in [0.4, 0.5) is 0 Å². The van der Waals surface area contributed by atoms with E-state index in [0.717, 1.165) is 0 Å². The molecule has 0 bridgehead atoms. The molecule has 0 saturated carbocycles. The zero-order valence-corrected chi connectivity index (χ0v) is 7.02. The van der Waals surface area contributed by atoms with Crippen molar-refractivity contribution >= 4 is 7.82 Å². The third-order valence-corrected chi connectivity index (χ3v) is 2.64. The van der Waals surface area contributed by atoms with Crippen LogP contribution in [0.25, 0.3) is 0 Å². The van der Waals surface area contributed by atoms with E-state index in [2.05, 4.69) is 4.98 Å². The molecular weight excluding hydrogens is 183 g/mol. The molecule has 0 N–H and O–H groups in total. The largest absolute Gasteiger partial charge is 0.549 e. The van der Waals surface area contributed by atoms with Gasteiger partial charge in [0.25, 0.3) is 0 Å².